The molecule has 1 aromatic heterocycles. The predicted octanol–water partition coefficient (Wildman–Crippen LogP) is 3.65. The molecule has 3 aromatic rings. The minimum Gasteiger partial charge on any atom is -0.369 e. The van der Waals surface area contributed by atoms with Crippen LogP contribution in [0.5, 0.6) is 0 Å². The first kappa shape index (κ1) is 12.1. The van der Waals surface area contributed by atoms with Gasteiger partial charge < -0.3 is 5.73 Å². The fourth-order valence-electron chi connectivity index (χ4n) is 1.98. The van der Waals surface area contributed by atoms with Gasteiger partial charge in [-0.1, -0.05) is 12.1 Å². The van der Waals surface area contributed by atoms with Crippen molar-refractivity contribution in [1.29, 1.82) is 0 Å². The Morgan fingerprint density at radius 2 is 1.84 bits per heavy atom. The maximum atomic E-state index is 14.0. The van der Waals surface area contributed by atoms with Gasteiger partial charge in [0, 0.05) is 6.07 Å². The number of aromatic nitrogens is 2. The number of para-hydroxylation sites is 2. The van der Waals surface area contributed by atoms with Crippen molar-refractivity contribution in [3.63, 3.8) is 0 Å². The zero-order valence-electron chi connectivity index (χ0n) is 9.57. The molecule has 0 amide bonds. The number of benzene rings is 2. The second-order valence-corrected chi connectivity index (χ2v) is 4.87. The van der Waals surface area contributed by atoms with Crippen molar-refractivity contribution >= 4 is 32.9 Å². The zero-order chi connectivity index (χ0) is 13.6. The van der Waals surface area contributed by atoms with Crippen LogP contribution in [-0.4, -0.2) is 9.55 Å². The minimum absolute atomic E-state index is 0.0342. The molecule has 0 fully saturated rings. The Morgan fingerprint density at radius 3 is 2.63 bits per heavy atom. The first-order valence-electron chi connectivity index (χ1n) is 5.46. The average Bonchev–Trinajstić information content (AvgIpc) is 2.70. The van der Waals surface area contributed by atoms with Crippen molar-refractivity contribution in [2.45, 2.75) is 0 Å². The van der Waals surface area contributed by atoms with Crippen molar-refractivity contribution < 1.29 is 8.78 Å². The van der Waals surface area contributed by atoms with Crippen molar-refractivity contribution in [2.24, 2.45) is 0 Å². The third-order valence-electron chi connectivity index (χ3n) is 2.82. The third-order valence-corrected chi connectivity index (χ3v) is 3.43. The van der Waals surface area contributed by atoms with Crippen LogP contribution < -0.4 is 5.73 Å². The van der Waals surface area contributed by atoms with Crippen molar-refractivity contribution in [3.05, 3.63) is 52.5 Å². The molecule has 0 saturated heterocycles. The number of nitrogens with zero attached hydrogens (tertiary/aromatic N) is 2. The van der Waals surface area contributed by atoms with Crippen LogP contribution in [0.4, 0.5) is 14.7 Å². The Kier molecular flexibility index (Phi) is 2.74. The van der Waals surface area contributed by atoms with Crippen molar-refractivity contribution in [1.82, 2.24) is 9.55 Å². The van der Waals surface area contributed by atoms with Crippen LogP contribution >= 0.6 is 15.9 Å². The van der Waals surface area contributed by atoms with Gasteiger partial charge in [0.25, 0.3) is 0 Å². The molecule has 2 N–H and O–H groups in total. The number of hydrogen-bond acceptors (Lipinski definition) is 2. The van der Waals surface area contributed by atoms with Gasteiger partial charge in [0.2, 0.25) is 5.95 Å². The maximum absolute atomic E-state index is 14.0. The molecule has 0 atom stereocenters. The number of hydrogen-bond donors (Lipinski definition) is 1. The summed E-state index contributed by atoms with van der Waals surface area (Å²) in [6.07, 6.45) is 0. The maximum Gasteiger partial charge on any atom is 0.206 e. The molecule has 0 aliphatic carbocycles. The smallest absolute Gasteiger partial charge is 0.206 e. The standard InChI is InChI=1S/C13H8BrF2N3/c14-7-5-9(16)12(6-8(7)15)19-11-4-2-1-3-10(11)18-13(19)17/h1-6H,(H2,17,18). The number of halogens is 3. The highest BCUT2D eigenvalue weighted by atomic mass is 79.9. The number of imidazole rings is 1. The second kappa shape index (κ2) is 4.31. The van der Waals surface area contributed by atoms with Crippen molar-refractivity contribution in [3.8, 4) is 5.69 Å². The second-order valence-electron chi connectivity index (χ2n) is 4.01. The Labute approximate surface area is 115 Å². The number of nitrogens with two attached hydrogens (primary N) is 1. The minimum atomic E-state index is -0.580. The summed E-state index contributed by atoms with van der Waals surface area (Å²) in [6, 6.07) is 9.25. The quantitative estimate of drug-likeness (QED) is 0.695. The summed E-state index contributed by atoms with van der Waals surface area (Å²) in [5.41, 5.74) is 7.08. The number of anilines is 1. The van der Waals surface area contributed by atoms with Crippen molar-refractivity contribution in [2.75, 3.05) is 5.73 Å². The van der Waals surface area contributed by atoms with Crippen LogP contribution in [0.3, 0.4) is 0 Å². The number of fused-ring (bicyclic) bond motifs is 1. The molecule has 0 unspecified atom stereocenters. The lowest BCUT2D eigenvalue weighted by Crippen LogP contribution is -2.04. The Balaban J connectivity index is 2.36. The fraction of sp³-hybridized carbons (Fsp3) is 0. The summed E-state index contributed by atoms with van der Waals surface area (Å²) in [5.74, 6) is -1.03. The molecule has 0 aliphatic heterocycles. The predicted molar refractivity (Wildman–Crippen MR) is 73.1 cm³/mol. The van der Waals surface area contributed by atoms with Gasteiger partial charge in [-0.3, -0.25) is 4.57 Å². The van der Waals surface area contributed by atoms with E-state index in [0.717, 1.165) is 12.1 Å². The summed E-state index contributed by atoms with van der Waals surface area (Å²) in [4.78, 5) is 4.12. The van der Waals surface area contributed by atoms with Gasteiger partial charge in [0.05, 0.1) is 21.2 Å². The molecule has 0 bridgehead atoms. The molecule has 0 aliphatic rings. The van der Waals surface area contributed by atoms with E-state index in [1.165, 1.54) is 4.57 Å². The van der Waals surface area contributed by atoms with Gasteiger partial charge in [-0.2, -0.15) is 0 Å². The lowest BCUT2D eigenvalue weighted by molar-refractivity contribution is 0.589. The highest BCUT2D eigenvalue weighted by molar-refractivity contribution is 9.10. The Hall–Kier alpha value is -1.95. The molecule has 96 valence electrons. The monoisotopic (exact) mass is 323 g/mol. The molecule has 19 heavy (non-hydrogen) atoms. The highest BCUT2D eigenvalue weighted by Gasteiger charge is 2.15. The molecule has 6 heteroatoms. The molecule has 3 nitrogen and oxygen atoms in total. The molecular weight excluding hydrogens is 316 g/mol. The molecule has 2 aromatic carbocycles. The normalized spacial score (nSPS) is 11.1. The van der Waals surface area contributed by atoms with E-state index in [1.807, 2.05) is 0 Å². The van der Waals surface area contributed by atoms with Crippen LogP contribution in [0, 0.1) is 11.6 Å². The van der Waals surface area contributed by atoms with Crippen LogP contribution in [0.2, 0.25) is 0 Å². The lowest BCUT2D eigenvalue weighted by atomic mass is 10.2. The third kappa shape index (κ3) is 1.88. The molecule has 1 heterocycles. The summed E-state index contributed by atoms with van der Waals surface area (Å²) in [7, 11) is 0. The van der Waals surface area contributed by atoms with Gasteiger partial charge in [-0.05, 0) is 34.1 Å². The van der Waals surface area contributed by atoms with Gasteiger partial charge in [0.1, 0.15) is 11.6 Å². The molecule has 0 radical (unpaired) electrons. The van der Waals surface area contributed by atoms with E-state index in [0.29, 0.717) is 11.0 Å². The first-order chi connectivity index (χ1) is 9.08. The van der Waals surface area contributed by atoms with E-state index in [-0.39, 0.29) is 16.1 Å². The van der Waals surface area contributed by atoms with Crippen LogP contribution in [0.25, 0.3) is 16.7 Å². The van der Waals surface area contributed by atoms with Gasteiger partial charge in [-0.25, -0.2) is 13.8 Å². The van der Waals surface area contributed by atoms with Crippen LogP contribution in [0.1, 0.15) is 0 Å². The molecule has 0 saturated carbocycles. The Morgan fingerprint density at radius 1 is 1.11 bits per heavy atom. The number of rotatable bonds is 1. The molecular formula is C13H8BrF2N3. The Bertz CT molecular complexity index is 783. The largest absolute Gasteiger partial charge is 0.369 e. The average molecular weight is 324 g/mol. The van der Waals surface area contributed by atoms with Gasteiger partial charge >= 0.3 is 0 Å². The highest BCUT2D eigenvalue weighted by Crippen LogP contribution is 2.28. The summed E-state index contributed by atoms with van der Waals surface area (Å²) in [5, 5.41) is 0. The van der Waals surface area contributed by atoms with E-state index in [2.05, 4.69) is 20.9 Å². The SMILES string of the molecule is Nc1nc2ccccc2n1-c1cc(F)c(Br)cc1F. The van der Waals surface area contributed by atoms with E-state index < -0.39 is 11.6 Å². The van der Waals surface area contributed by atoms with Gasteiger partial charge in [-0.15, -0.1) is 0 Å². The molecule has 0 spiro atoms. The van der Waals surface area contributed by atoms with E-state index in [9.17, 15) is 8.78 Å². The topological polar surface area (TPSA) is 43.8 Å². The van der Waals surface area contributed by atoms with E-state index >= 15 is 0 Å². The molecule has 3 rings (SSSR count). The number of nitrogen functional groups attached to an aromatic ring is 1. The first-order valence-corrected chi connectivity index (χ1v) is 6.25. The summed E-state index contributed by atoms with van der Waals surface area (Å²) in [6.45, 7) is 0. The van der Waals surface area contributed by atoms with Crippen LogP contribution in [-0.2, 0) is 0 Å². The van der Waals surface area contributed by atoms with Crippen LogP contribution in [0.15, 0.2) is 40.9 Å². The summed E-state index contributed by atoms with van der Waals surface area (Å²) < 4.78 is 29.1. The van der Waals surface area contributed by atoms with E-state index in [1.54, 1.807) is 24.3 Å². The summed E-state index contributed by atoms with van der Waals surface area (Å²) >= 11 is 2.94. The zero-order valence-corrected chi connectivity index (χ0v) is 11.2. The lowest BCUT2D eigenvalue weighted by Gasteiger charge is -2.08. The fourth-order valence-corrected chi connectivity index (χ4v) is 2.30. The van der Waals surface area contributed by atoms with Gasteiger partial charge in [0.15, 0.2) is 0 Å². The van der Waals surface area contributed by atoms with E-state index in [4.69, 9.17) is 5.73 Å².